The second kappa shape index (κ2) is 8.25. The maximum absolute atomic E-state index is 12.4. The summed E-state index contributed by atoms with van der Waals surface area (Å²) in [6.07, 6.45) is 3.93. The zero-order valence-electron chi connectivity index (χ0n) is 14.2. The van der Waals surface area contributed by atoms with Crippen LogP contribution in [0.15, 0.2) is 41.8 Å². The average Bonchev–Trinajstić information content (AvgIpc) is 2.99. The summed E-state index contributed by atoms with van der Waals surface area (Å²) in [6, 6.07) is 6.15. The first-order valence-electron chi connectivity index (χ1n) is 7.94. The van der Waals surface area contributed by atoms with Crippen molar-refractivity contribution in [2.75, 3.05) is 6.61 Å². The lowest BCUT2D eigenvalue weighted by molar-refractivity contribution is 0.289. The minimum atomic E-state index is -3.58. The third kappa shape index (κ3) is 5.61. The van der Waals surface area contributed by atoms with E-state index in [9.17, 15) is 8.42 Å². The summed E-state index contributed by atoms with van der Waals surface area (Å²) in [5, 5.41) is 3.97. The Balaban J connectivity index is 1.93. The van der Waals surface area contributed by atoms with Crippen LogP contribution in [0.5, 0.6) is 5.75 Å². The second-order valence-electron chi connectivity index (χ2n) is 6.14. The van der Waals surface area contributed by atoms with Gasteiger partial charge in [0.1, 0.15) is 18.4 Å². The molecule has 1 unspecified atom stereocenters. The van der Waals surface area contributed by atoms with Gasteiger partial charge in [0.2, 0.25) is 10.0 Å². The Hall–Kier alpha value is -1.93. The molecule has 1 aromatic heterocycles. The van der Waals surface area contributed by atoms with Gasteiger partial charge in [0.05, 0.1) is 18.0 Å². The van der Waals surface area contributed by atoms with E-state index in [1.807, 2.05) is 0 Å². The molecule has 1 N–H and O–H groups in total. The van der Waals surface area contributed by atoms with E-state index in [1.54, 1.807) is 42.2 Å². The molecule has 8 heteroatoms. The molecule has 1 aromatic carbocycles. The van der Waals surface area contributed by atoms with Gasteiger partial charge in [0.15, 0.2) is 0 Å². The average molecular weight is 352 g/mol. The molecule has 0 aliphatic rings. The zero-order valence-corrected chi connectivity index (χ0v) is 15.0. The van der Waals surface area contributed by atoms with Gasteiger partial charge in [-0.05, 0) is 43.5 Å². The smallest absolute Gasteiger partial charge is 0.240 e. The van der Waals surface area contributed by atoms with Gasteiger partial charge in [-0.3, -0.25) is 4.68 Å². The highest BCUT2D eigenvalue weighted by Gasteiger charge is 2.17. The summed E-state index contributed by atoms with van der Waals surface area (Å²) >= 11 is 0. The topological polar surface area (TPSA) is 86.1 Å². The van der Waals surface area contributed by atoms with E-state index in [0.29, 0.717) is 24.8 Å². The Morgan fingerprint density at radius 3 is 2.50 bits per heavy atom. The predicted octanol–water partition coefficient (Wildman–Crippen LogP) is 2.07. The van der Waals surface area contributed by atoms with Crippen LogP contribution >= 0.6 is 0 Å². The van der Waals surface area contributed by atoms with Crippen molar-refractivity contribution < 1.29 is 13.2 Å². The molecule has 7 nitrogen and oxygen atoms in total. The summed E-state index contributed by atoms with van der Waals surface area (Å²) in [5.74, 6) is 1.24. The Bertz CT molecular complexity index is 712. The van der Waals surface area contributed by atoms with Crippen LogP contribution < -0.4 is 9.46 Å². The molecule has 0 bridgehead atoms. The highest BCUT2D eigenvalue weighted by Crippen LogP contribution is 2.17. The molecular weight excluding hydrogens is 328 g/mol. The first kappa shape index (κ1) is 18.4. The van der Waals surface area contributed by atoms with Crippen LogP contribution in [0.3, 0.4) is 0 Å². The van der Waals surface area contributed by atoms with Gasteiger partial charge in [-0.2, -0.15) is 5.10 Å². The molecule has 0 aliphatic heterocycles. The Labute approximate surface area is 143 Å². The standard InChI is InChI=1S/C16H24N4O3S/c1-13(2)8-9-23-15-4-6-16(7-5-15)24(21,22)19-14(3)10-20-12-17-11-18-20/h4-7,11-14,19H,8-10H2,1-3H3. The van der Waals surface area contributed by atoms with Crippen LogP contribution in [-0.4, -0.2) is 35.8 Å². The van der Waals surface area contributed by atoms with Crippen molar-refractivity contribution in [2.24, 2.45) is 5.92 Å². The molecular formula is C16H24N4O3S. The summed E-state index contributed by atoms with van der Waals surface area (Å²) < 4.78 is 34.6. The lowest BCUT2D eigenvalue weighted by Crippen LogP contribution is -2.35. The molecule has 1 atom stereocenters. The SMILES string of the molecule is CC(C)CCOc1ccc(S(=O)(=O)NC(C)Cn2cncn2)cc1. The summed E-state index contributed by atoms with van der Waals surface area (Å²) in [6.45, 7) is 7.07. The van der Waals surface area contributed by atoms with Gasteiger partial charge in [0.25, 0.3) is 0 Å². The molecule has 132 valence electrons. The van der Waals surface area contributed by atoms with Gasteiger partial charge < -0.3 is 4.74 Å². The van der Waals surface area contributed by atoms with Crippen LogP contribution in [-0.2, 0) is 16.6 Å². The Morgan fingerprint density at radius 2 is 1.92 bits per heavy atom. The quantitative estimate of drug-likeness (QED) is 0.747. The highest BCUT2D eigenvalue weighted by molar-refractivity contribution is 7.89. The Morgan fingerprint density at radius 1 is 1.21 bits per heavy atom. The third-order valence-corrected chi connectivity index (χ3v) is 4.99. The largest absolute Gasteiger partial charge is 0.494 e. The number of nitrogens with one attached hydrogen (secondary N) is 1. The Kier molecular flexibility index (Phi) is 6.33. The van der Waals surface area contributed by atoms with Crippen molar-refractivity contribution in [3.05, 3.63) is 36.9 Å². The lowest BCUT2D eigenvalue weighted by Gasteiger charge is -2.14. The molecule has 0 aliphatic carbocycles. The zero-order chi connectivity index (χ0) is 17.6. The van der Waals surface area contributed by atoms with Crippen LogP contribution in [0.1, 0.15) is 27.2 Å². The number of sulfonamides is 1. The fourth-order valence-electron chi connectivity index (χ4n) is 2.11. The van der Waals surface area contributed by atoms with Gasteiger partial charge in [-0.15, -0.1) is 0 Å². The van der Waals surface area contributed by atoms with Gasteiger partial charge >= 0.3 is 0 Å². The first-order chi connectivity index (χ1) is 11.4. The normalized spacial score (nSPS) is 13.2. The number of ether oxygens (including phenoxy) is 1. The van der Waals surface area contributed by atoms with Crippen molar-refractivity contribution >= 4 is 10.0 Å². The van der Waals surface area contributed by atoms with Gasteiger partial charge in [-0.25, -0.2) is 18.1 Å². The fraction of sp³-hybridized carbons (Fsp3) is 0.500. The van der Waals surface area contributed by atoms with Crippen LogP contribution in [0.4, 0.5) is 0 Å². The molecule has 2 rings (SSSR count). The van der Waals surface area contributed by atoms with E-state index in [4.69, 9.17) is 4.74 Å². The summed E-state index contributed by atoms with van der Waals surface area (Å²) in [5.41, 5.74) is 0. The van der Waals surface area contributed by atoms with E-state index in [-0.39, 0.29) is 10.9 Å². The molecule has 24 heavy (non-hydrogen) atoms. The van der Waals surface area contributed by atoms with E-state index in [0.717, 1.165) is 6.42 Å². The number of nitrogens with zero attached hydrogens (tertiary/aromatic N) is 3. The van der Waals surface area contributed by atoms with E-state index in [1.165, 1.54) is 6.33 Å². The van der Waals surface area contributed by atoms with E-state index in [2.05, 4.69) is 28.7 Å². The van der Waals surface area contributed by atoms with E-state index < -0.39 is 10.0 Å². The number of hydrogen-bond donors (Lipinski definition) is 1. The number of rotatable bonds is 9. The first-order valence-corrected chi connectivity index (χ1v) is 9.43. The monoisotopic (exact) mass is 352 g/mol. The van der Waals surface area contributed by atoms with Crippen molar-refractivity contribution in [1.82, 2.24) is 19.5 Å². The minimum absolute atomic E-state index is 0.212. The number of aromatic nitrogens is 3. The number of benzene rings is 1. The molecule has 1 heterocycles. The van der Waals surface area contributed by atoms with Crippen LogP contribution in [0.2, 0.25) is 0 Å². The van der Waals surface area contributed by atoms with Crippen LogP contribution in [0.25, 0.3) is 0 Å². The van der Waals surface area contributed by atoms with Gasteiger partial charge in [-0.1, -0.05) is 13.8 Å². The van der Waals surface area contributed by atoms with Crippen molar-refractivity contribution in [3.8, 4) is 5.75 Å². The van der Waals surface area contributed by atoms with Gasteiger partial charge in [0, 0.05) is 6.04 Å². The molecule has 2 aromatic rings. The fourth-order valence-corrected chi connectivity index (χ4v) is 3.34. The minimum Gasteiger partial charge on any atom is -0.494 e. The maximum atomic E-state index is 12.4. The van der Waals surface area contributed by atoms with Crippen molar-refractivity contribution in [2.45, 2.75) is 44.7 Å². The molecule has 0 saturated carbocycles. The lowest BCUT2D eigenvalue weighted by atomic mass is 10.1. The molecule has 0 saturated heterocycles. The summed E-state index contributed by atoms with van der Waals surface area (Å²) in [7, 11) is -3.58. The molecule has 0 fully saturated rings. The second-order valence-corrected chi connectivity index (χ2v) is 7.86. The third-order valence-electron chi connectivity index (χ3n) is 3.38. The molecule has 0 amide bonds. The maximum Gasteiger partial charge on any atom is 0.240 e. The molecule has 0 radical (unpaired) electrons. The number of hydrogen-bond acceptors (Lipinski definition) is 5. The molecule has 0 spiro atoms. The predicted molar refractivity (Wildman–Crippen MR) is 91.2 cm³/mol. The van der Waals surface area contributed by atoms with Crippen LogP contribution in [0, 0.1) is 5.92 Å². The van der Waals surface area contributed by atoms with Crippen molar-refractivity contribution in [3.63, 3.8) is 0 Å². The van der Waals surface area contributed by atoms with E-state index >= 15 is 0 Å². The highest BCUT2D eigenvalue weighted by atomic mass is 32.2. The van der Waals surface area contributed by atoms with Crippen molar-refractivity contribution in [1.29, 1.82) is 0 Å². The summed E-state index contributed by atoms with van der Waals surface area (Å²) in [4.78, 5) is 4.05.